The van der Waals surface area contributed by atoms with Gasteiger partial charge in [0.05, 0.1) is 0 Å². The first-order valence-electron chi connectivity index (χ1n) is 5.89. The quantitative estimate of drug-likeness (QED) is 0.752. The minimum atomic E-state index is 0.0141. The summed E-state index contributed by atoms with van der Waals surface area (Å²) in [5.41, 5.74) is 3.01. The number of furan rings is 1. The van der Waals surface area contributed by atoms with Crippen molar-refractivity contribution in [3.63, 3.8) is 0 Å². The summed E-state index contributed by atoms with van der Waals surface area (Å²) in [5, 5.41) is 3.36. The van der Waals surface area contributed by atoms with Gasteiger partial charge in [-0.1, -0.05) is 0 Å². The molecule has 3 aromatic rings. The van der Waals surface area contributed by atoms with Crippen LogP contribution in [-0.4, -0.2) is 22.9 Å². The molecule has 1 aromatic carbocycles. The average Bonchev–Trinajstić information content (AvgIpc) is 3.05. The van der Waals surface area contributed by atoms with E-state index in [9.17, 15) is 0 Å². The number of aryl methyl sites for hydroxylation is 1. The van der Waals surface area contributed by atoms with Gasteiger partial charge in [0.25, 0.3) is 0 Å². The number of benzene rings is 1. The molecular weight excluding hydrogens is 293 g/mol. The topological polar surface area (TPSA) is 51.0 Å². The van der Waals surface area contributed by atoms with Gasteiger partial charge in [0.2, 0.25) is 0 Å². The second kappa shape index (κ2) is 4.96. The summed E-state index contributed by atoms with van der Waals surface area (Å²) >= 11 is 0.0141. The molecule has 0 atom stereocenters. The second-order valence-electron chi connectivity index (χ2n) is 4.01. The molecule has 0 radical (unpaired) electrons. The molecule has 0 saturated carbocycles. The summed E-state index contributed by atoms with van der Waals surface area (Å²) < 4.78 is 14.5. The van der Waals surface area contributed by atoms with E-state index < -0.39 is 0 Å². The molecule has 0 bridgehead atoms. The number of aromatic nitrogens is 2. The molecule has 1 N–H and O–H groups in total. The molecule has 2 aromatic heterocycles. The number of hydrogen-bond donors (Lipinski definition) is 1. The summed E-state index contributed by atoms with van der Waals surface area (Å²) in [4.78, 5) is 0. The van der Waals surface area contributed by atoms with Crippen LogP contribution in [0.2, 0.25) is 0 Å². The van der Waals surface area contributed by atoms with E-state index in [1.54, 1.807) is 0 Å². The van der Waals surface area contributed by atoms with Gasteiger partial charge in [0.15, 0.2) is 0 Å². The SMILES string of the molecule is CCc1ccc(CNc2cccc3n[se]nc23)o1. The predicted octanol–water partition coefficient (Wildman–Crippen LogP) is 2.45. The Morgan fingerprint density at radius 1 is 1.17 bits per heavy atom. The molecular formula is C13H13N3OSe. The summed E-state index contributed by atoms with van der Waals surface area (Å²) in [5.74, 6) is 1.97. The van der Waals surface area contributed by atoms with Gasteiger partial charge in [0.1, 0.15) is 0 Å². The van der Waals surface area contributed by atoms with E-state index in [2.05, 4.69) is 20.2 Å². The van der Waals surface area contributed by atoms with E-state index >= 15 is 0 Å². The van der Waals surface area contributed by atoms with Crippen LogP contribution in [-0.2, 0) is 13.0 Å². The van der Waals surface area contributed by atoms with Gasteiger partial charge in [-0.2, -0.15) is 0 Å². The molecule has 0 aliphatic carbocycles. The number of anilines is 1. The minimum absolute atomic E-state index is 0.0141. The van der Waals surface area contributed by atoms with Crippen molar-refractivity contribution in [1.82, 2.24) is 7.96 Å². The van der Waals surface area contributed by atoms with Crippen LogP contribution in [0, 0.1) is 0 Å². The predicted molar refractivity (Wildman–Crippen MR) is 71.9 cm³/mol. The summed E-state index contributed by atoms with van der Waals surface area (Å²) in [7, 11) is 0. The van der Waals surface area contributed by atoms with E-state index in [1.807, 2.05) is 30.3 Å². The van der Waals surface area contributed by atoms with Crippen LogP contribution in [0.1, 0.15) is 18.4 Å². The zero-order chi connectivity index (χ0) is 12.4. The van der Waals surface area contributed by atoms with Crippen molar-refractivity contribution in [2.24, 2.45) is 0 Å². The van der Waals surface area contributed by atoms with Crippen LogP contribution < -0.4 is 5.32 Å². The first-order valence-corrected chi connectivity index (χ1v) is 7.43. The van der Waals surface area contributed by atoms with Crippen molar-refractivity contribution in [2.45, 2.75) is 19.9 Å². The van der Waals surface area contributed by atoms with Crippen LogP contribution in [0.5, 0.6) is 0 Å². The van der Waals surface area contributed by atoms with Gasteiger partial charge in [0, 0.05) is 0 Å². The molecule has 0 aliphatic rings. The fraction of sp³-hybridized carbons (Fsp3) is 0.231. The number of fused-ring (bicyclic) bond motifs is 1. The zero-order valence-electron chi connectivity index (χ0n) is 10.0. The third kappa shape index (κ3) is 2.19. The number of rotatable bonds is 4. The van der Waals surface area contributed by atoms with Gasteiger partial charge in [-0.05, 0) is 0 Å². The van der Waals surface area contributed by atoms with Gasteiger partial charge in [-0.15, -0.1) is 0 Å². The van der Waals surface area contributed by atoms with E-state index in [4.69, 9.17) is 4.42 Å². The molecule has 2 heterocycles. The molecule has 0 aliphatic heterocycles. The molecule has 4 nitrogen and oxygen atoms in total. The molecule has 92 valence electrons. The average molecular weight is 306 g/mol. The van der Waals surface area contributed by atoms with E-state index in [-0.39, 0.29) is 15.0 Å². The van der Waals surface area contributed by atoms with Crippen molar-refractivity contribution in [1.29, 1.82) is 0 Å². The third-order valence-corrected chi connectivity index (χ3v) is 3.94. The number of nitrogens with zero attached hydrogens (tertiary/aromatic N) is 2. The number of nitrogens with one attached hydrogen (secondary N) is 1. The first-order chi connectivity index (χ1) is 8.86. The van der Waals surface area contributed by atoms with Crippen LogP contribution in [0.25, 0.3) is 11.0 Å². The summed E-state index contributed by atoms with van der Waals surface area (Å²) in [6.45, 7) is 2.77. The molecule has 0 amide bonds. The molecule has 0 unspecified atom stereocenters. The molecule has 18 heavy (non-hydrogen) atoms. The van der Waals surface area contributed by atoms with Gasteiger partial charge in [-0.3, -0.25) is 0 Å². The maximum absolute atomic E-state index is 5.66. The fourth-order valence-electron chi connectivity index (χ4n) is 1.84. The van der Waals surface area contributed by atoms with Crippen LogP contribution in [0.15, 0.2) is 34.7 Å². The van der Waals surface area contributed by atoms with Gasteiger partial charge in [-0.25, -0.2) is 0 Å². The summed E-state index contributed by atoms with van der Waals surface area (Å²) in [6, 6.07) is 10.1. The Morgan fingerprint density at radius 2 is 2.06 bits per heavy atom. The maximum atomic E-state index is 5.66. The van der Waals surface area contributed by atoms with Crippen molar-refractivity contribution in [3.8, 4) is 0 Å². The van der Waals surface area contributed by atoms with E-state index in [1.165, 1.54) is 0 Å². The third-order valence-electron chi connectivity index (χ3n) is 2.80. The standard InChI is InChI=1S/C13H13N3OSe/c1-2-9-6-7-10(17-9)8-14-11-4-3-5-12-13(11)16-18-15-12/h3-7,14H,2,8H2,1H3. The first kappa shape index (κ1) is 11.5. The normalized spacial score (nSPS) is 10.9. The van der Waals surface area contributed by atoms with E-state index in [0.29, 0.717) is 6.54 Å². The van der Waals surface area contributed by atoms with Gasteiger partial charge < -0.3 is 0 Å². The molecule has 3 rings (SSSR count). The Bertz CT molecular complexity index is 659. The molecule has 0 fully saturated rings. The Hall–Kier alpha value is -1.58. The van der Waals surface area contributed by atoms with E-state index in [0.717, 1.165) is 34.7 Å². The molecule has 5 heteroatoms. The van der Waals surface area contributed by atoms with Crippen LogP contribution in [0.4, 0.5) is 5.69 Å². The summed E-state index contributed by atoms with van der Waals surface area (Å²) in [6.07, 6.45) is 0.928. The Balaban J connectivity index is 1.78. The van der Waals surface area contributed by atoms with Crippen LogP contribution in [0.3, 0.4) is 0 Å². The molecule has 0 spiro atoms. The molecule has 0 saturated heterocycles. The Morgan fingerprint density at radius 3 is 2.89 bits per heavy atom. The van der Waals surface area contributed by atoms with Crippen molar-refractivity contribution in [2.75, 3.05) is 5.32 Å². The van der Waals surface area contributed by atoms with Crippen molar-refractivity contribution >= 4 is 31.7 Å². The van der Waals surface area contributed by atoms with Gasteiger partial charge >= 0.3 is 111 Å². The van der Waals surface area contributed by atoms with Crippen LogP contribution >= 0.6 is 0 Å². The zero-order valence-corrected chi connectivity index (χ0v) is 11.7. The Kier molecular flexibility index (Phi) is 3.17. The second-order valence-corrected chi connectivity index (χ2v) is 5.12. The fourth-order valence-corrected chi connectivity index (χ4v) is 2.99. The van der Waals surface area contributed by atoms with Crippen molar-refractivity contribution < 1.29 is 4.42 Å². The monoisotopic (exact) mass is 307 g/mol. The Labute approximate surface area is 111 Å². The van der Waals surface area contributed by atoms with Crippen molar-refractivity contribution in [3.05, 3.63) is 41.9 Å². The number of hydrogen-bond acceptors (Lipinski definition) is 4.